The van der Waals surface area contributed by atoms with Crippen LogP contribution in [-0.2, 0) is 12.8 Å². The van der Waals surface area contributed by atoms with Crippen molar-refractivity contribution < 1.29 is 9.90 Å². The van der Waals surface area contributed by atoms with Gasteiger partial charge in [0, 0.05) is 10.4 Å². The average molecular weight is 314 g/mol. The quantitative estimate of drug-likeness (QED) is 0.673. The van der Waals surface area contributed by atoms with Crippen molar-refractivity contribution in [1.82, 2.24) is 5.43 Å². The van der Waals surface area contributed by atoms with Gasteiger partial charge < -0.3 is 5.11 Å². The second kappa shape index (κ2) is 6.32. The van der Waals surface area contributed by atoms with Gasteiger partial charge >= 0.3 is 0 Å². The summed E-state index contributed by atoms with van der Waals surface area (Å²) in [6, 6.07) is 8.81. The standard InChI is InChI=1S/C17H18N2O2S/c1-11(12-6-4-7-14(20)9-12)18-19-17(21)16-10-13-5-2-3-8-15(13)22-16/h4,6-7,9-10,20H,2-3,5,8H2,1H3,(H,19,21)/b18-11+. The molecular weight excluding hydrogens is 296 g/mol. The van der Waals surface area contributed by atoms with Gasteiger partial charge in [0.25, 0.3) is 5.91 Å². The van der Waals surface area contributed by atoms with Crippen molar-refractivity contribution in [2.75, 3.05) is 0 Å². The minimum Gasteiger partial charge on any atom is -0.508 e. The molecule has 0 saturated heterocycles. The minimum absolute atomic E-state index is 0.168. The van der Waals surface area contributed by atoms with Gasteiger partial charge in [0.1, 0.15) is 5.75 Å². The zero-order valence-electron chi connectivity index (χ0n) is 12.4. The van der Waals surface area contributed by atoms with E-state index in [1.54, 1.807) is 36.5 Å². The third kappa shape index (κ3) is 3.20. The zero-order valence-corrected chi connectivity index (χ0v) is 13.2. The number of phenols is 1. The van der Waals surface area contributed by atoms with Gasteiger partial charge in [-0.3, -0.25) is 4.79 Å². The first-order valence-electron chi connectivity index (χ1n) is 7.39. The number of benzene rings is 1. The molecule has 0 aliphatic heterocycles. The molecule has 0 radical (unpaired) electrons. The lowest BCUT2D eigenvalue weighted by atomic mass is 9.99. The Morgan fingerprint density at radius 2 is 2.09 bits per heavy atom. The number of amides is 1. The number of aromatic hydroxyl groups is 1. The summed E-state index contributed by atoms with van der Waals surface area (Å²) in [7, 11) is 0. The first-order valence-corrected chi connectivity index (χ1v) is 8.21. The van der Waals surface area contributed by atoms with Crippen LogP contribution in [-0.4, -0.2) is 16.7 Å². The van der Waals surface area contributed by atoms with Crippen LogP contribution in [0.25, 0.3) is 0 Å². The third-order valence-corrected chi connectivity index (χ3v) is 5.05. The molecule has 0 unspecified atom stereocenters. The van der Waals surface area contributed by atoms with E-state index in [0.717, 1.165) is 23.3 Å². The molecule has 0 fully saturated rings. The highest BCUT2D eigenvalue weighted by atomic mass is 32.1. The molecule has 0 spiro atoms. The number of hydrogen-bond acceptors (Lipinski definition) is 4. The van der Waals surface area contributed by atoms with E-state index in [1.807, 2.05) is 12.1 Å². The summed E-state index contributed by atoms with van der Waals surface area (Å²) >= 11 is 1.57. The molecule has 4 nitrogen and oxygen atoms in total. The fourth-order valence-electron chi connectivity index (χ4n) is 2.59. The Balaban J connectivity index is 1.71. The van der Waals surface area contributed by atoms with Crippen LogP contribution in [0.4, 0.5) is 0 Å². The van der Waals surface area contributed by atoms with E-state index in [0.29, 0.717) is 5.71 Å². The monoisotopic (exact) mass is 314 g/mol. The number of rotatable bonds is 3. The van der Waals surface area contributed by atoms with Crippen molar-refractivity contribution in [3.8, 4) is 5.75 Å². The zero-order chi connectivity index (χ0) is 15.5. The van der Waals surface area contributed by atoms with Crippen molar-refractivity contribution in [3.63, 3.8) is 0 Å². The van der Waals surface area contributed by atoms with Gasteiger partial charge in [-0.25, -0.2) is 5.43 Å². The second-order valence-electron chi connectivity index (χ2n) is 5.45. The molecule has 114 valence electrons. The topological polar surface area (TPSA) is 61.7 Å². The maximum Gasteiger partial charge on any atom is 0.281 e. The van der Waals surface area contributed by atoms with Crippen molar-refractivity contribution in [3.05, 3.63) is 51.2 Å². The number of carbonyl (C=O) groups is 1. The molecule has 1 amide bonds. The van der Waals surface area contributed by atoms with Crippen LogP contribution in [0.1, 0.15) is 45.4 Å². The van der Waals surface area contributed by atoms with E-state index >= 15 is 0 Å². The van der Waals surface area contributed by atoms with Gasteiger partial charge in [0.2, 0.25) is 0 Å². The second-order valence-corrected chi connectivity index (χ2v) is 6.59. The summed E-state index contributed by atoms with van der Waals surface area (Å²) in [4.78, 5) is 14.3. The predicted molar refractivity (Wildman–Crippen MR) is 88.7 cm³/mol. The van der Waals surface area contributed by atoms with Crippen molar-refractivity contribution >= 4 is 23.0 Å². The summed E-state index contributed by atoms with van der Waals surface area (Å²) in [5.74, 6) is 0.0169. The molecule has 0 bridgehead atoms. The summed E-state index contributed by atoms with van der Waals surface area (Å²) in [6.07, 6.45) is 4.58. The highest BCUT2D eigenvalue weighted by Gasteiger charge is 2.17. The predicted octanol–water partition coefficient (Wildman–Crippen LogP) is 3.49. The molecule has 2 aromatic rings. The molecule has 2 N–H and O–H groups in total. The summed E-state index contributed by atoms with van der Waals surface area (Å²) < 4.78 is 0. The minimum atomic E-state index is -0.168. The molecular formula is C17H18N2O2S. The average Bonchev–Trinajstić information content (AvgIpc) is 2.96. The Hall–Kier alpha value is -2.14. The van der Waals surface area contributed by atoms with Crippen LogP contribution in [0.3, 0.4) is 0 Å². The molecule has 3 rings (SSSR count). The normalized spacial score (nSPS) is 14.5. The number of thiophene rings is 1. The first-order chi connectivity index (χ1) is 10.6. The Morgan fingerprint density at radius 3 is 2.86 bits per heavy atom. The third-order valence-electron chi connectivity index (χ3n) is 3.81. The van der Waals surface area contributed by atoms with E-state index in [4.69, 9.17) is 0 Å². The lowest BCUT2D eigenvalue weighted by Gasteiger charge is -2.08. The van der Waals surface area contributed by atoms with E-state index in [-0.39, 0.29) is 11.7 Å². The Labute approximate surface area is 133 Å². The smallest absolute Gasteiger partial charge is 0.281 e. The number of nitrogens with zero attached hydrogens (tertiary/aromatic N) is 1. The maximum absolute atomic E-state index is 12.2. The number of hydrogen-bond donors (Lipinski definition) is 2. The number of fused-ring (bicyclic) bond motifs is 1. The van der Waals surface area contributed by atoms with Crippen molar-refractivity contribution in [1.29, 1.82) is 0 Å². The lowest BCUT2D eigenvalue weighted by molar-refractivity contribution is 0.0959. The Bertz CT molecular complexity index is 711. The molecule has 0 saturated carbocycles. The van der Waals surface area contributed by atoms with Gasteiger partial charge in [-0.1, -0.05) is 12.1 Å². The van der Waals surface area contributed by atoms with Gasteiger partial charge in [0.15, 0.2) is 0 Å². The Morgan fingerprint density at radius 1 is 1.27 bits per heavy atom. The fraction of sp³-hybridized carbons (Fsp3) is 0.294. The molecule has 1 aromatic carbocycles. The number of hydrazone groups is 1. The van der Waals surface area contributed by atoms with Crippen LogP contribution < -0.4 is 5.43 Å². The molecule has 1 aliphatic rings. The molecule has 22 heavy (non-hydrogen) atoms. The largest absolute Gasteiger partial charge is 0.508 e. The van der Waals surface area contributed by atoms with E-state index in [2.05, 4.69) is 10.5 Å². The first kappa shape index (κ1) is 14.8. The van der Waals surface area contributed by atoms with Gasteiger partial charge in [0.05, 0.1) is 10.6 Å². The van der Waals surface area contributed by atoms with Crippen molar-refractivity contribution in [2.45, 2.75) is 32.6 Å². The molecule has 5 heteroatoms. The van der Waals surface area contributed by atoms with E-state index in [1.165, 1.54) is 23.3 Å². The summed E-state index contributed by atoms with van der Waals surface area (Å²) in [5, 5.41) is 13.6. The van der Waals surface area contributed by atoms with Crippen LogP contribution in [0.5, 0.6) is 5.75 Å². The molecule has 0 atom stereocenters. The van der Waals surface area contributed by atoms with Crippen LogP contribution in [0, 0.1) is 0 Å². The van der Waals surface area contributed by atoms with E-state index < -0.39 is 0 Å². The summed E-state index contributed by atoms with van der Waals surface area (Å²) in [5.41, 5.74) is 5.36. The lowest BCUT2D eigenvalue weighted by Crippen LogP contribution is -2.18. The number of nitrogens with one attached hydrogen (secondary N) is 1. The fourth-order valence-corrected chi connectivity index (χ4v) is 3.73. The number of aryl methyl sites for hydroxylation is 2. The van der Waals surface area contributed by atoms with Gasteiger partial charge in [-0.15, -0.1) is 11.3 Å². The highest BCUT2D eigenvalue weighted by molar-refractivity contribution is 7.14. The van der Waals surface area contributed by atoms with Crippen LogP contribution in [0.2, 0.25) is 0 Å². The maximum atomic E-state index is 12.2. The van der Waals surface area contributed by atoms with Crippen molar-refractivity contribution in [2.24, 2.45) is 5.10 Å². The Kier molecular flexibility index (Phi) is 4.24. The molecule has 1 aliphatic carbocycles. The van der Waals surface area contributed by atoms with Crippen LogP contribution >= 0.6 is 11.3 Å². The summed E-state index contributed by atoms with van der Waals surface area (Å²) in [6.45, 7) is 1.80. The van der Waals surface area contributed by atoms with E-state index in [9.17, 15) is 9.90 Å². The van der Waals surface area contributed by atoms with Gasteiger partial charge in [-0.2, -0.15) is 5.10 Å². The number of carbonyl (C=O) groups excluding carboxylic acids is 1. The van der Waals surface area contributed by atoms with Crippen LogP contribution in [0.15, 0.2) is 35.4 Å². The SMILES string of the molecule is C/C(=N\NC(=O)c1cc2c(s1)CCCC2)c1cccc(O)c1. The molecule has 1 heterocycles. The highest BCUT2D eigenvalue weighted by Crippen LogP contribution is 2.29. The number of phenolic OH excluding ortho intramolecular Hbond substituents is 1. The molecule has 1 aromatic heterocycles. The van der Waals surface area contributed by atoms with Gasteiger partial charge in [-0.05, 0) is 56.4 Å².